The highest BCUT2D eigenvalue weighted by Gasteiger charge is 2.56. The van der Waals surface area contributed by atoms with Gasteiger partial charge in [-0.15, -0.1) is 0 Å². The van der Waals surface area contributed by atoms with Crippen LogP contribution in [-0.2, 0) is 6.42 Å². The molecule has 4 rings (SSSR count). The quantitative estimate of drug-likeness (QED) is 0.107. The van der Waals surface area contributed by atoms with Gasteiger partial charge in [0.1, 0.15) is 0 Å². The SMILES string of the molecule is [B]C(F)(F)C(F)(F)CCCSC(C)(CC)CCC1Cc2ccccc2C2CCC3(C)/C(=N\O)CCC3C12. The van der Waals surface area contributed by atoms with E-state index < -0.39 is 18.2 Å². The molecule has 0 heterocycles. The Hall–Kier alpha value is -1.18. The van der Waals surface area contributed by atoms with E-state index in [2.05, 4.69) is 58.0 Å². The summed E-state index contributed by atoms with van der Waals surface area (Å²) < 4.78 is 53.0. The molecule has 2 saturated carbocycles. The first-order chi connectivity index (χ1) is 17.4. The van der Waals surface area contributed by atoms with Gasteiger partial charge in [0.2, 0.25) is 0 Å². The highest BCUT2D eigenvalue weighted by molar-refractivity contribution is 8.00. The zero-order chi connectivity index (χ0) is 27.1. The summed E-state index contributed by atoms with van der Waals surface area (Å²) in [5, 5.41) is 13.4. The maximum absolute atomic E-state index is 13.6. The summed E-state index contributed by atoms with van der Waals surface area (Å²) in [5.74, 6) is -6.19. The zero-order valence-electron chi connectivity index (χ0n) is 22.3. The number of hydrogen-bond acceptors (Lipinski definition) is 3. The van der Waals surface area contributed by atoms with Crippen molar-refractivity contribution in [2.45, 2.75) is 107 Å². The normalized spacial score (nSPS) is 32.5. The van der Waals surface area contributed by atoms with Gasteiger partial charge >= 0.3 is 0 Å². The summed E-state index contributed by atoms with van der Waals surface area (Å²) in [6.07, 6.45) is 7.11. The first-order valence-corrected chi connectivity index (χ1v) is 14.8. The van der Waals surface area contributed by atoms with E-state index in [4.69, 9.17) is 0 Å². The van der Waals surface area contributed by atoms with E-state index in [0.717, 1.165) is 57.1 Å². The van der Waals surface area contributed by atoms with Crippen molar-refractivity contribution < 1.29 is 22.8 Å². The summed E-state index contributed by atoms with van der Waals surface area (Å²) in [4.78, 5) is 0. The van der Waals surface area contributed by atoms with Gasteiger partial charge in [-0.25, -0.2) is 17.6 Å². The predicted molar refractivity (Wildman–Crippen MR) is 144 cm³/mol. The first kappa shape index (κ1) is 28.8. The molecule has 6 atom stereocenters. The number of oxime groups is 1. The van der Waals surface area contributed by atoms with Crippen LogP contribution in [0.1, 0.15) is 95.6 Å². The van der Waals surface area contributed by atoms with Gasteiger partial charge in [0, 0.05) is 16.6 Å². The highest BCUT2D eigenvalue weighted by Crippen LogP contribution is 2.62. The van der Waals surface area contributed by atoms with Crippen molar-refractivity contribution in [3.8, 4) is 0 Å². The molecule has 0 bridgehead atoms. The molecule has 2 radical (unpaired) electrons. The average Bonchev–Trinajstić information content (AvgIpc) is 3.20. The van der Waals surface area contributed by atoms with Crippen LogP contribution in [0.2, 0.25) is 0 Å². The van der Waals surface area contributed by atoms with Crippen molar-refractivity contribution in [1.29, 1.82) is 0 Å². The molecule has 1 N–H and O–H groups in total. The Morgan fingerprint density at radius 1 is 1.16 bits per heavy atom. The van der Waals surface area contributed by atoms with E-state index in [1.807, 2.05) is 0 Å². The van der Waals surface area contributed by atoms with E-state index in [0.29, 0.717) is 29.4 Å². The van der Waals surface area contributed by atoms with Crippen LogP contribution in [0.25, 0.3) is 0 Å². The second kappa shape index (κ2) is 10.8. The number of hydrogen-bond donors (Lipinski definition) is 1. The molecule has 0 amide bonds. The third kappa shape index (κ3) is 5.60. The lowest BCUT2D eigenvalue weighted by Gasteiger charge is -2.52. The van der Waals surface area contributed by atoms with Gasteiger partial charge in [0.25, 0.3) is 11.7 Å². The number of rotatable bonds is 10. The second-order valence-corrected chi connectivity index (χ2v) is 13.8. The molecule has 6 unspecified atom stereocenters. The number of thioether (sulfide) groups is 1. The maximum atomic E-state index is 13.6. The lowest BCUT2D eigenvalue weighted by molar-refractivity contribution is -0.161. The third-order valence-electron chi connectivity index (χ3n) is 10.0. The molecule has 204 valence electrons. The van der Waals surface area contributed by atoms with Crippen LogP contribution in [0.5, 0.6) is 0 Å². The van der Waals surface area contributed by atoms with Crippen LogP contribution in [0.15, 0.2) is 29.4 Å². The monoisotopic (exact) mass is 537 g/mol. The van der Waals surface area contributed by atoms with Gasteiger partial charge in [0.05, 0.1) is 5.71 Å². The number of benzene rings is 1. The van der Waals surface area contributed by atoms with Crippen LogP contribution in [-0.4, -0.2) is 41.0 Å². The Morgan fingerprint density at radius 3 is 2.57 bits per heavy atom. The van der Waals surface area contributed by atoms with Crippen LogP contribution in [0.4, 0.5) is 17.6 Å². The minimum atomic E-state index is -4.48. The fourth-order valence-electron chi connectivity index (χ4n) is 7.59. The van der Waals surface area contributed by atoms with Gasteiger partial charge in [-0.3, -0.25) is 0 Å². The van der Waals surface area contributed by atoms with Crippen molar-refractivity contribution >= 4 is 25.3 Å². The Labute approximate surface area is 224 Å². The average molecular weight is 538 g/mol. The van der Waals surface area contributed by atoms with Crippen LogP contribution < -0.4 is 0 Å². The Balaban J connectivity index is 1.46. The first-order valence-electron chi connectivity index (χ1n) is 13.8. The molecule has 37 heavy (non-hydrogen) atoms. The topological polar surface area (TPSA) is 32.6 Å². The van der Waals surface area contributed by atoms with Crippen LogP contribution in [0, 0.1) is 23.2 Å². The van der Waals surface area contributed by atoms with Crippen LogP contribution in [0.3, 0.4) is 0 Å². The summed E-state index contributed by atoms with van der Waals surface area (Å²) in [7, 11) is 4.38. The van der Waals surface area contributed by atoms with E-state index in [1.165, 1.54) is 11.1 Å². The number of fused-ring (bicyclic) bond motifs is 5. The van der Waals surface area contributed by atoms with Gasteiger partial charge in [-0.1, -0.05) is 50.2 Å². The van der Waals surface area contributed by atoms with E-state index in [9.17, 15) is 22.8 Å². The summed E-state index contributed by atoms with van der Waals surface area (Å²) in [6, 6.07) is 8.84. The molecule has 0 spiro atoms. The molecule has 2 fully saturated rings. The number of halogens is 4. The molecule has 3 aliphatic carbocycles. The zero-order valence-corrected chi connectivity index (χ0v) is 23.1. The van der Waals surface area contributed by atoms with Crippen molar-refractivity contribution in [2.24, 2.45) is 28.3 Å². The standard InChI is InChI=1S/C29H40BF4NOS/c1-4-26(2,37-17-7-14-28(31,32)29(30,33)34)15-12-20-18-19-8-5-6-9-21(19)22-13-16-27(3)23(25(20)22)10-11-24(27)35-36/h5-6,8-9,20,22-23,25,36H,4,7,10-18H2,1-3H3/b35-24-. The lowest BCUT2D eigenvalue weighted by atomic mass is 9.52. The largest absolute Gasteiger partial charge is 0.411 e. The molecule has 2 nitrogen and oxygen atoms in total. The molecule has 1 aromatic rings. The summed E-state index contributed by atoms with van der Waals surface area (Å²) in [5.41, 5.74) is 3.86. The van der Waals surface area contributed by atoms with Crippen molar-refractivity contribution in [3.63, 3.8) is 0 Å². The molecule has 8 heteroatoms. The Bertz CT molecular complexity index is 985. The van der Waals surface area contributed by atoms with E-state index in [-0.39, 0.29) is 16.6 Å². The van der Waals surface area contributed by atoms with Gasteiger partial charge in [-0.2, -0.15) is 11.8 Å². The smallest absolute Gasteiger partial charge is 0.300 e. The number of nitrogens with zero attached hydrogens (tertiary/aromatic N) is 1. The molecule has 1 aromatic carbocycles. The van der Waals surface area contributed by atoms with Crippen molar-refractivity contribution in [1.82, 2.24) is 0 Å². The molecule has 3 aliphatic rings. The van der Waals surface area contributed by atoms with Crippen molar-refractivity contribution in [2.75, 3.05) is 5.75 Å². The van der Waals surface area contributed by atoms with Gasteiger partial charge in [-0.05, 0) is 98.3 Å². The molecule has 0 aromatic heterocycles. The predicted octanol–water partition coefficient (Wildman–Crippen LogP) is 8.46. The minimum absolute atomic E-state index is 0.00521. The molecular weight excluding hydrogens is 497 g/mol. The third-order valence-corrected chi connectivity index (χ3v) is 11.7. The van der Waals surface area contributed by atoms with Gasteiger partial charge < -0.3 is 5.21 Å². The fraction of sp³-hybridized carbons (Fsp3) is 0.759. The number of alkyl halides is 4. The van der Waals surface area contributed by atoms with Gasteiger partial charge in [0.15, 0.2) is 7.85 Å². The Morgan fingerprint density at radius 2 is 1.89 bits per heavy atom. The van der Waals surface area contributed by atoms with Crippen LogP contribution >= 0.6 is 11.8 Å². The Kier molecular flexibility index (Phi) is 8.39. The lowest BCUT2D eigenvalue weighted by Crippen LogP contribution is -2.46. The summed E-state index contributed by atoms with van der Waals surface area (Å²) >= 11 is 1.63. The minimum Gasteiger partial charge on any atom is -0.411 e. The molecular formula is C29H40BF4NOS. The molecule has 0 saturated heterocycles. The highest BCUT2D eigenvalue weighted by atomic mass is 32.2. The second-order valence-electron chi connectivity index (χ2n) is 12.1. The summed E-state index contributed by atoms with van der Waals surface area (Å²) in [6.45, 7) is 6.59. The molecule has 0 aliphatic heterocycles. The van der Waals surface area contributed by atoms with E-state index in [1.54, 1.807) is 11.8 Å². The van der Waals surface area contributed by atoms with Crippen molar-refractivity contribution in [3.05, 3.63) is 35.4 Å². The van der Waals surface area contributed by atoms with E-state index >= 15 is 0 Å². The maximum Gasteiger partial charge on any atom is 0.300 e. The fourth-order valence-corrected chi connectivity index (χ4v) is 8.83.